The van der Waals surface area contributed by atoms with Gasteiger partial charge < -0.3 is 15.8 Å². The lowest BCUT2D eigenvalue weighted by molar-refractivity contribution is 0.0586. The van der Waals surface area contributed by atoms with Crippen LogP contribution in [0.3, 0.4) is 0 Å². The van der Waals surface area contributed by atoms with Crippen molar-refractivity contribution >= 4 is 17.6 Å². The van der Waals surface area contributed by atoms with Crippen molar-refractivity contribution in [3.05, 3.63) is 35.7 Å². The van der Waals surface area contributed by atoms with Crippen molar-refractivity contribution in [3.8, 4) is 0 Å². The molecule has 1 aliphatic heterocycles. The van der Waals surface area contributed by atoms with E-state index in [9.17, 15) is 4.79 Å². The number of ether oxygens (including phenoxy) is 1. The zero-order valence-corrected chi connectivity index (χ0v) is 11.0. The van der Waals surface area contributed by atoms with Gasteiger partial charge in [0.25, 0.3) is 5.82 Å². The highest BCUT2D eigenvalue weighted by Gasteiger charge is 2.26. The molecule has 3 rings (SSSR count). The molecule has 0 saturated carbocycles. The fourth-order valence-electron chi connectivity index (χ4n) is 2.36. The average Bonchev–Trinajstić information content (AvgIpc) is 2.90. The Morgan fingerprint density at radius 2 is 2.40 bits per heavy atom. The van der Waals surface area contributed by atoms with Crippen LogP contribution in [0.25, 0.3) is 0 Å². The van der Waals surface area contributed by atoms with Crippen LogP contribution in [0, 0.1) is 0 Å². The van der Waals surface area contributed by atoms with Crippen molar-refractivity contribution in [2.75, 3.05) is 24.7 Å². The quantitative estimate of drug-likeness (QED) is 0.627. The predicted octanol–water partition coefficient (Wildman–Crippen LogP) is 1.05. The van der Waals surface area contributed by atoms with E-state index in [-0.39, 0.29) is 11.9 Å². The van der Waals surface area contributed by atoms with Gasteiger partial charge in [0.2, 0.25) is 5.95 Å². The number of carbonyl (C=O) groups is 1. The van der Waals surface area contributed by atoms with Crippen molar-refractivity contribution < 1.29 is 9.53 Å². The minimum atomic E-state index is -0.542. The number of anilines is 2. The summed E-state index contributed by atoms with van der Waals surface area (Å²) in [7, 11) is 1.31. The van der Waals surface area contributed by atoms with Gasteiger partial charge >= 0.3 is 5.97 Å². The first-order valence-electron chi connectivity index (χ1n) is 6.33. The zero-order chi connectivity index (χ0) is 14.1. The highest BCUT2D eigenvalue weighted by Crippen LogP contribution is 2.29. The zero-order valence-electron chi connectivity index (χ0n) is 11.0. The number of rotatable bonds is 2. The monoisotopic (exact) mass is 273 g/mol. The Bertz CT molecular complexity index is 652. The van der Waals surface area contributed by atoms with E-state index in [1.165, 1.54) is 7.11 Å². The van der Waals surface area contributed by atoms with Gasteiger partial charge in [-0.05, 0) is 24.1 Å². The van der Waals surface area contributed by atoms with Gasteiger partial charge in [0, 0.05) is 12.2 Å². The van der Waals surface area contributed by atoms with Gasteiger partial charge in [-0.1, -0.05) is 12.1 Å². The number of aromatic nitrogens is 3. The van der Waals surface area contributed by atoms with Crippen molar-refractivity contribution in [3.63, 3.8) is 0 Å². The van der Waals surface area contributed by atoms with Gasteiger partial charge in [-0.2, -0.15) is 4.98 Å². The summed E-state index contributed by atoms with van der Waals surface area (Å²) in [6.07, 6.45) is 0.848. The van der Waals surface area contributed by atoms with Crippen molar-refractivity contribution in [1.82, 2.24) is 14.8 Å². The van der Waals surface area contributed by atoms with Crippen LogP contribution in [0.15, 0.2) is 24.3 Å². The molecule has 3 N–H and O–H groups in total. The first-order chi connectivity index (χ1) is 9.69. The Morgan fingerprint density at radius 1 is 1.55 bits per heavy atom. The van der Waals surface area contributed by atoms with Crippen LogP contribution in [-0.4, -0.2) is 34.4 Å². The number of carbonyl (C=O) groups excluding carboxylic acids is 1. The van der Waals surface area contributed by atoms with E-state index >= 15 is 0 Å². The normalized spacial score (nSPS) is 17.1. The number of fused-ring (bicyclic) bond motifs is 1. The summed E-state index contributed by atoms with van der Waals surface area (Å²) in [4.78, 5) is 15.7. The molecule has 1 aromatic heterocycles. The van der Waals surface area contributed by atoms with E-state index in [1.54, 1.807) is 4.68 Å². The van der Waals surface area contributed by atoms with Crippen LogP contribution in [-0.2, 0) is 4.74 Å². The summed E-state index contributed by atoms with van der Waals surface area (Å²) in [6, 6.07) is 7.67. The Labute approximate surface area is 115 Å². The van der Waals surface area contributed by atoms with Crippen molar-refractivity contribution in [2.45, 2.75) is 12.5 Å². The van der Waals surface area contributed by atoms with Crippen molar-refractivity contribution in [2.24, 2.45) is 0 Å². The van der Waals surface area contributed by atoms with E-state index in [1.807, 2.05) is 24.3 Å². The molecule has 20 heavy (non-hydrogen) atoms. The van der Waals surface area contributed by atoms with Crippen LogP contribution in [0.5, 0.6) is 0 Å². The molecule has 0 bridgehead atoms. The third-order valence-electron chi connectivity index (χ3n) is 3.29. The topological polar surface area (TPSA) is 95.1 Å². The smallest absolute Gasteiger partial charge is 0.378 e. The molecule has 0 spiro atoms. The van der Waals surface area contributed by atoms with Gasteiger partial charge in [-0.3, -0.25) is 0 Å². The second-order valence-electron chi connectivity index (χ2n) is 4.60. The first-order valence-corrected chi connectivity index (χ1v) is 6.33. The minimum Gasteiger partial charge on any atom is -0.463 e. The largest absolute Gasteiger partial charge is 0.463 e. The number of nitrogens with two attached hydrogens (primary N) is 1. The standard InChI is InChI=1S/C13H15N5O2/c1-20-12(19)11-16-13-15-6-5-10(18(13)17-11)8-3-2-4-9(14)7-8/h2-4,7,10H,5-6,14H2,1H3,(H,15,16,17). The fraction of sp³-hybridized carbons (Fsp3) is 0.308. The Morgan fingerprint density at radius 3 is 3.15 bits per heavy atom. The lowest BCUT2D eigenvalue weighted by Gasteiger charge is -2.24. The predicted molar refractivity (Wildman–Crippen MR) is 73.5 cm³/mol. The number of nitrogens with one attached hydrogen (secondary N) is 1. The van der Waals surface area contributed by atoms with Gasteiger partial charge in [-0.25, -0.2) is 9.48 Å². The summed E-state index contributed by atoms with van der Waals surface area (Å²) in [5.74, 6) is 0.0925. The van der Waals surface area contributed by atoms with Gasteiger partial charge in [0.05, 0.1) is 13.2 Å². The third kappa shape index (κ3) is 2.07. The maximum atomic E-state index is 11.5. The highest BCUT2D eigenvalue weighted by atomic mass is 16.5. The van der Waals surface area contributed by atoms with Crippen LogP contribution in [0.2, 0.25) is 0 Å². The summed E-state index contributed by atoms with van der Waals surface area (Å²) >= 11 is 0. The number of esters is 1. The molecule has 1 atom stereocenters. The molecular formula is C13H15N5O2. The molecule has 7 heteroatoms. The third-order valence-corrected chi connectivity index (χ3v) is 3.29. The molecule has 1 aliphatic rings. The summed E-state index contributed by atoms with van der Waals surface area (Å²) < 4.78 is 6.36. The SMILES string of the molecule is COC(=O)c1nc2n(n1)C(c1cccc(N)c1)CCN2. The second-order valence-corrected chi connectivity index (χ2v) is 4.60. The summed E-state index contributed by atoms with van der Waals surface area (Å²) in [5.41, 5.74) is 7.58. The molecule has 0 saturated heterocycles. The Hall–Kier alpha value is -2.57. The molecule has 2 aromatic rings. The number of nitrogens with zero attached hydrogens (tertiary/aromatic N) is 3. The number of hydrogen-bond acceptors (Lipinski definition) is 6. The number of methoxy groups -OCH3 is 1. The van der Waals surface area contributed by atoms with Gasteiger partial charge in [0.15, 0.2) is 0 Å². The lowest BCUT2D eigenvalue weighted by Crippen LogP contribution is -2.24. The van der Waals surface area contributed by atoms with Crippen LogP contribution < -0.4 is 11.1 Å². The van der Waals surface area contributed by atoms with E-state index in [2.05, 4.69) is 20.1 Å². The number of nitrogen functional groups attached to an aromatic ring is 1. The molecule has 0 amide bonds. The van der Waals surface area contributed by atoms with Crippen LogP contribution in [0.4, 0.5) is 11.6 Å². The average molecular weight is 273 g/mol. The fourth-order valence-corrected chi connectivity index (χ4v) is 2.36. The molecule has 0 aliphatic carbocycles. The van der Waals surface area contributed by atoms with Gasteiger partial charge in [0.1, 0.15) is 0 Å². The maximum Gasteiger partial charge on any atom is 0.378 e. The number of benzene rings is 1. The maximum absolute atomic E-state index is 11.5. The molecule has 7 nitrogen and oxygen atoms in total. The van der Waals surface area contributed by atoms with Crippen LogP contribution >= 0.6 is 0 Å². The lowest BCUT2D eigenvalue weighted by atomic mass is 10.0. The molecule has 2 heterocycles. The Kier molecular flexibility index (Phi) is 3.02. The molecule has 0 fully saturated rings. The second kappa shape index (κ2) is 4.84. The molecule has 1 aromatic carbocycles. The number of hydrogen-bond donors (Lipinski definition) is 2. The minimum absolute atomic E-state index is 0.0145. The highest BCUT2D eigenvalue weighted by molar-refractivity contribution is 5.85. The molecular weight excluding hydrogens is 258 g/mol. The molecule has 0 radical (unpaired) electrons. The van der Waals surface area contributed by atoms with Gasteiger partial charge in [-0.15, -0.1) is 5.10 Å². The Balaban J connectivity index is 2.01. The summed E-state index contributed by atoms with van der Waals surface area (Å²) in [5, 5.41) is 7.36. The van der Waals surface area contributed by atoms with Crippen molar-refractivity contribution in [1.29, 1.82) is 0 Å². The van der Waals surface area contributed by atoms with E-state index in [4.69, 9.17) is 5.73 Å². The van der Waals surface area contributed by atoms with E-state index in [0.29, 0.717) is 11.6 Å². The summed E-state index contributed by atoms with van der Waals surface area (Å²) in [6.45, 7) is 0.763. The van der Waals surface area contributed by atoms with Crippen LogP contribution in [0.1, 0.15) is 28.6 Å². The first kappa shape index (κ1) is 12.5. The van der Waals surface area contributed by atoms with E-state index < -0.39 is 5.97 Å². The molecule has 1 unspecified atom stereocenters. The van der Waals surface area contributed by atoms with E-state index in [0.717, 1.165) is 18.5 Å². The molecule has 104 valence electrons.